The molecule has 0 spiro atoms. The molecule has 8 nitrogen and oxygen atoms in total. The van der Waals surface area contributed by atoms with Crippen molar-refractivity contribution in [1.82, 2.24) is 20.2 Å². The third-order valence-electron chi connectivity index (χ3n) is 7.70. The van der Waals surface area contributed by atoms with Crippen molar-refractivity contribution >= 4 is 17.1 Å². The van der Waals surface area contributed by atoms with Crippen LogP contribution in [0.5, 0.6) is 0 Å². The molecular formula is C30H37N7O. The largest absolute Gasteiger partial charge is 0.381 e. The van der Waals surface area contributed by atoms with Crippen molar-refractivity contribution < 1.29 is 4.74 Å². The lowest BCUT2D eigenvalue weighted by molar-refractivity contribution is 0.0662. The van der Waals surface area contributed by atoms with Crippen molar-refractivity contribution in [3.63, 3.8) is 0 Å². The van der Waals surface area contributed by atoms with E-state index in [4.69, 9.17) is 14.9 Å². The molecule has 2 saturated heterocycles. The number of rotatable bonds is 7. The van der Waals surface area contributed by atoms with E-state index in [9.17, 15) is 5.26 Å². The topological polar surface area (TPSA) is 99.9 Å². The van der Waals surface area contributed by atoms with Crippen molar-refractivity contribution in [1.29, 1.82) is 5.26 Å². The molecule has 2 aliphatic rings. The average molecular weight is 512 g/mol. The van der Waals surface area contributed by atoms with Gasteiger partial charge in [-0.05, 0) is 89.5 Å². The summed E-state index contributed by atoms with van der Waals surface area (Å²) < 4.78 is 5.58. The summed E-state index contributed by atoms with van der Waals surface area (Å²) in [6.45, 7) is 9.56. The van der Waals surface area contributed by atoms with Crippen LogP contribution in [0, 0.1) is 24.2 Å². The molecule has 2 aliphatic heterocycles. The zero-order valence-corrected chi connectivity index (χ0v) is 22.7. The molecule has 5 rings (SSSR count). The Balaban J connectivity index is 1.45. The summed E-state index contributed by atoms with van der Waals surface area (Å²) in [5.41, 5.74) is 6.81. The Morgan fingerprint density at radius 1 is 1.05 bits per heavy atom. The highest BCUT2D eigenvalue weighted by molar-refractivity contribution is 5.72. The lowest BCUT2D eigenvalue weighted by Crippen LogP contribution is -2.31. The highest BCUT2D eigenvalue weighted by Gasteiger charge is 2.23. The molecule has 0 saturated carbocycles. The Labute approximate surface area is 225 Å². The number of ether oxygens (including phenoxy) is 1. The van der Waals surface area contributed by atoms with Crippen LogP contribution >= 0.6 is 0 Å². The van der Waals surface area contributed by atoms with E-state index in [0.29, 0.717) is 5.92 Å². The second-order valence-corrected chi connectivity index (χ2v) is 11.0. The fraction of sp³-hybridized carbons (Fsp3) is 0.500. The van der Waals surface area contributed by atoms with Gasteiger partial charge >= 0.3 is 0 Å². The molecule has 1 N–H and O–H groups in total. The Morgan fingerprint density at radius 2 is 1.84 bits per heavy atom. The van der Waals surface area contributed by atoms with Gasteiger partial charge in [-0.3, -0.25) is 9.97 Å². The lowest BCUT2D eigenvalue weighted by atomic mass is 9.90. The minimum absolute atomic E-state index is 0.597. The Hall–Kier alpha value is -3.57. The van der Waals surface area contributed by atoms with Gasteiger partial charge in [-0.15, -0.1) is 0 Å². The Kier molecular flexibility index (Phi) is 7.85. The molecule has 0 atom stereocenters. The van der Waals surface area contributed by atoms with E-state index in [2.05, 4.69) is 38.4 Å². The third kappa shape index (κ3) is 5.94. The monoisotopic (exact) mass is 511 g/mol. The summed E-state index contributed by atoms with van der Waals surface area (Å²) in [5, 5.41) is 22.5. The SMILES string of the molecule is Cc1ncc(Nc2ccnc(C(C)(C)C#N)c2)cc1-c1cc(N2CCCCC2)c(CC2CCOCC2)nn1. The molecule has 38 heavy (non-hydrogen) atoms. The van der Waals surface area contributed by atoms with Gasteiger partial charge in [0.2, 0.25) is 0 Å². The zero-order chi connectivity index (χ0) is 26.5. The normalized spacial score (nSPS) is 16.7. The van der Waals surface area contributed by atoms with Crippen LogP contribution in [0.3, 0.4) is 0 Å². The minimum atomic E-state index is -0.665. The number of nitriles is 1. The number of nitrogens with zero attached hydrogens (tertiary/aromatic N) is 6. The smallest absolute Gasteiger partial charge is 0.0969 e. The van der Waals surface area contributed by atoms with E-state index in [1.54, 1.807) is 6.20 Å². The molecule has 0 bridgehead atoms. The number of pyridine rings is 2. The molecule has 8 heteroatoms. The molecule has 0 aliphatic carbocycles. The van der Waals surface area contributed by atoms with Crippen LogP contribution < -0.4 is 10.2 Å². The van der Waals surface area contributed by atoms with Crippen molar-refractivity contribution in [2.24, 2.45) is 5.92 Å². The van der Waals surface area contributed by atoms with Gasteiger partial charge in [-0.2, -0.15) is 15.5 Å². The summed E-state index contributed by atoms with van der Waals surface area (Å²) >= 11 is 0. The molecular weight excluding hydrogens is 474 g/mol. The second kappa shape index (κ2) is 11.4. The number of aromatic nitrogens is 4. The molecule has 0 amide bonds. The standard InChI is InChI=1S/C30H37N7O/c1-21-25(16-24(19-33-21)34-23-7-10-32-29(17-23)30(2,3)20-31)26-18-28(37-11-5-4-6-12-37)27(36-35-26)15-22-8-13-38-14-9-22/h7,10,16-19,22H,4-6,8-9,11-15H2,1-3H3,(H,32,34). The summed E-state index contributed by atoms with van der Waals surface area (Å²) in [6, 6.07) is 10.4. The second-order valence-electron chi connectivity index (χ2n) is 11.0. The minimum Gasteiger partial charge on any atom is -0.381 e. The van der Waals surface area contributed by atoms with Gasteiger partial charge in [0.25, 0.3) is 0 Å². The number of aryl methyl sites for hydroxylation is 1. The van der Waals surface area contributed by atoms with Crippen LogP contribution in [0.1, 0.15) is 63.0 Å². The van der Waals surface area contributed by atoms with Gasteiger partial charge < -0.3 is 15.0 Å². The van der Waals surface area contributed by atoms with Crippen LogP contribution in [0.4, 0.5) is 17.1 Å². The summed E-state index contributed by atoms with van der Waals surface area (Å²) in [7, 11) is 0. The van der Waals surface area contributed by atoms with Gasteiger partial charge in [-0.1, -0.05) is 0 Å². The molecule has 0 aromatic carbocycles. The Morgan fingerprint density at radius 3 is 2.61 bits per heavy atom. The van der Waals surface area contributed by atoms with E-state index in [0.717, 1.165) is 85.3 Å². The number of nitrogens with one attached hydrogen (secondary N) is 1. The first-order valence-electron chi connectivity index (χ1n) is 13.7. The van der Waals surface area contributed by atoms with Crippen LogP contribution in [0.2, 0.25) is 0 Å². The predicted octanol–water partition coefficient (Wildman–Crippen LogP) is 5.75. The van der Waals surface area contributed by atoms with E-state index >= 15 is 0 Å². The highest BCUT2D eigenvalue weighted by atomic mass is 16.5. The summed E-state index contributed by atoms with van der Waals surface area (Å²) in [4.78, 5) is 11.6. The molecule has 5 heterocycles. The van der Waals surface area contributed by atoms with Gasteiger partial charge in [0.15, 0.2) is 0 Å². The first kappa shape index (κ1) is 26.1. The quantitative estimate of drug-likeness (QED) is 0.428. The van der Waals surface area contributed by atoms with Crippen LogP contribution in [-0.2, 0) is 16.6 Å². The van der Waals surface area contributed by atoms with E-state index in [1.165, 1.54) is 24.9 Å². The van der Waals surface area contributed by atoms with Crippen molar-refractivity contribution in [2.45, 2.75) is 64.7 Å². The van der Waals surface area contributed by atoms with Gasteiger partial charge in [0, 0.05) is 49.4 Å². The zero-order valence-electron chi connectivity index (χ0n) is 22.7. The molecule has 198 valence electrons. The summed E-state index contributed by atoms with van der Waals surface area (Å²) in [6.07, 6.45) is 10.4. The molecule has 0 radical (unpaired) electrons. The third-order valence-corrected chi connectivity index (χ3v) is 7.70. The maximum absolute atomic E-state index is 9.51. The highest BCUT2D eigenvalue weighted by Crippen LogP contribution is 2.33. The van der Waals surface area contributed by atoms with Crippen molar-refractivity contribution in [2.75, 3.05) is 36.5 Å². The van der Waals surface area contributed by atoms with Gasteiger partial charge in [0.1, 0.15) is 0 Å². The fourth-order valence-electron chi connectivity index (χ4n) is 5.25. The summed E-state index contributed by atoms with van der Waals surface area (Å²) in [5.74, 6) is 0.597. The number of hydrogen-bond acceptors (Lipinski definition) is 8. The maximum Gasteiger partial charge on any atom is 0.0969 e. The van der Waals surface area contributed by atoms with Crippen LogP contribution in [0.25, 0.3) is 11.3 Å². The van der Waals surface area contributed by atoms with Crippen LogP contribution in [0.15, 0.2) is 36.7 Å². The molecule has 0 unspecified atom stereocenters. The van der Waals surface area contributed by atoms with E-state index in [-0.39, 0.29) is 0 Å². The van der Waals surface area contributed by atoms with E-state index < -0.39 is 5.41 Å². The Bertz CT molecular complexity index is 1300. The van der Waals surface area contributed by atoms with Crippen molar-refractivity contribution in [3.05, 3.63) is 53.7 Å². The number of hydrogen-bond donors (Lipinski definition) is 1. The lowest BCUT2D eigenvalue weighted by Gasteiger charge is -2.31. The van der Waals surface area contributed by atoms with Crippen LogP contribution in [-0.4, -0.2) is 46.5 Å². The number of anilines is 3. The maximum atomic E-state index is 9.51. The molecule has 3 aromatic rings. The molecule has 2 fully saturated rings. The molecule has 3 aromatic heterocycles. The van der Waals surface area contributed by atoms with Gasteiger partial charge in [-0.25, -0.2) is 0 Å². The van der Waals surface area contributed by atoms with Crippen molar-refractivity contribution in [3.8, 4) is 17.3 Å². The first-order valence-corrected chi connectivity index (χ1v) is 13.7. The number of piperidine rings is 1. The van der Waals surface area contributed by atoms with E-state index in [1.807, 2.05) is 39.1 Å². The predicted molar refractivity (Wildman–Crippen MR) is 149 cm³/mol. The fourth-order valence-corrected chi connectivity index (χ4v) is 5.25. The first-order chi connectivity index (χ1) is 18.4. The van der Waals surface area contributed by atoms with Gasteiger partial charge in [0.05, 0.1) is 46.1 Å². The average Bonchev–Trinajstić information content (AvgIpc) is 2.95.